The van der Waals surface area contributed by atoms with Crippen molar-refractivity contribution in [3.8, 4) is 0 Å². The van der Waals surface area contributed by atoms with Gasteiger partial charge in [-0.15, -0.1) is 0 Å². The molecule has 0 aliphatic carbocycles. The second kappa shape index (κ2) is 9.92. The monoisotopic (exact) mass is 510 g/mol. The van der Waals surface area contributed by atoms with Crippen LogP contribution in [0.25, 0.3) is 0 Å². The molecule has 1 N–H and O–H groups in total. The maximum absolute atomic E-state index is 13.7. The molecule has 7 nitrogen and oxygen atoms in total. The topological polar surface area (TPSA) is 66.3 Å². The molecule has 1 amide bonds. The minimum Gasteiger partial charge on any atom is -0.320 e. The fourth-order valence-corrected chi connectivity index (χ4v) is 5.45. The lowest BCUT2D eigenvalue weighted by Crippen LogP contribution is -2.59. The molecular weight excluding hydrogens is 479 g/mol. The number of rotatable bonds is 6. The Morgan fingerprint density at radius 3 is 2.72 bits per heavy atom. The van der Waals surface area contributed by atoms with E-state index >= 15 is 0 Å². The smallest absolute Gasteiger partial charge is 0.241 e. The summed E-state index contributed by atoms with van der Waals surface area (Å²) in [5.41, 5.74) is 3.58. The van der Waals surface area contributed by atoms with Crippen molar-refractivity contribution in [2.75, 3.05) is 31.1 Å². The number of carbonyl (C=O) groups is 1. The number of nitrogens with one attached hydrogen (secondary N) is 1. The van der Waals surface area contributed by atoms with Crippen molar-refractivity contribution in [2.45, 2.75) is 51.2 Å². The van der Waals surface area contributed by atoms with E-state index in [0.29, 0.717) is 37.4 Å². The fraction of sp³-hybridized carbons (Fsp3) is 0.444. The number of anilines is 1. The van der Waals surface area contributed by atoms with Gasteiger partial charge in [-0.05, 0) is 54.3 Å². The number of nitrogens with zero attached hydrogens (tertiary/aromatic N) is 5. The summed E-state index contributed by atoms with van der Waals surface area (Å²) in [6, 6.07) is 8.99. The highest BCUT2D eigenvalue weighted by Crippen LogP contribution is 2.39. The lowest BCUT2D eigenvalue weighted by atomic mass is 9.91. The third-order valence-corrected chi connectivity index (χ3v) is 7.48. The minimum absolute atomic E-state index is 0.0679. The molecule has 2 aromatic heterocycles. The van der Waals surface area contributed by atoms with Crippen LogP contribution in [0.4, 0.5) is 10.1 Å². The summed E-state index contributed by atoms with van der Waals surface area (Å²) in [6.45, 7) is 9.51. The van der Waals surface area contributed by atoms with Crippen LogP contribution >= 0.6 is 11.6 Å². The van der Waals surface area contributed by atoms with Gasteiger partial charge in [0.2, 0.25) is 11.2 Å². The van der Waals surface area contributed by atoms with Crippen LogP contribution < -0.4 is 10.2 Å². The first-order valence-corrected chi connectivity index (χ1v) is 12.8. The van der Waals surface area contributed by atoms with Crippen LogP contribution in [0.15, 0.2) is 48.9 Å². The summed E-state index contributed by atoms with van der Waals surface area (Å²) < 4.78 is 15.2. The van der Waals surface area contributed by atoms with Crippen molar-refractivity contribution in [3.05, 3.63) is 76.8 Å². The van der Waals surface area contributed by atoms with Gasteiger partial charge in [-0.3, -0.25) is 14.7 Å². The first kappa shape index (κ1) is 24.9. The molecule has 5 rings (SSSR count). The zero-order valence-corrected chi connectivity index (χ0v) is 21.7. The van der Waals surface area contributed by atoms with E-state index in [0.717, 1.165) is 35.6 Å². The zero-order chi connectivity index (χ0) is 25.4. The predicted molar refractivity (Wildman–Crippen MR) is 139 cm³/mol. The fourth-order valence-electron chi connectivity index (χ4n) is 5.27. The molecule has 0 spiro atoms. The van der Waals surface area contributed by atoms with Gasteiger partial charge in [0.05, 0.1) is 17.9 Å². The average molecular weight is 511 g/mol. The summed E-state index contributed by atoms with van der Waals surface area (Å²) >= 11 is 6.23. The molecule has 4 heterocycles. The number of carbonyl (C=O) groups excluding carboxylic acids is 1. The third kappa shape index (κ3) is 5.16. The summed E-state index contributed by atoms with van der Waals surface area (Å²) in [5.74, 6) is -0.182. The molecule has 2 aliphatic rings. The maximum atomic E-state index is 13.7. The van der Waals surface area contributed by atoms with E-state index in [4.69, 9.17) is 16.6 Å². The molecule has 0 saturated carbocycles. The highest BCUT2D eigenvalue weighted by Gasteiger charge is 2.40. The average Bonchev–Trinajstić information content (AvgIpc) is 3.36. The van der Waals surface area contributed by atoms with Crippen molar-refractivity contribution in [1.29, 1.82) is 0 Å². The standard InChI is InChI=1S/C27H32ClFN6O/c1-18-14-34(22(13-31-18)15-33-9-8-30-26(33)28)16-24(36)35-17-27(2,3)25-23(35)11-20(12-32-25)10-19-4-6-21(29)7-5-19/h4-9,11-12,18,22,31H,10,13-17H2,1-3H3/t18-,22-/m1/s1. The summed E-state index contributed by atoms with van der Waals surface area (Å²) in [4.78, 5) is 26.8. The highest BCUT2D eigenvalue weighted by atomic mass is 35.5. The van der Waals surface area contributed by atoms with Gasteiger partial charge < -0.3 is 14.8 Å². The van der Waals surface area contributed by atoms with Gasteiger partial charge in [-0.2, -0.15) is 0 Å². The van der Waals surface area contributed by atoms with Crippen LogP contribution in [0.3, 0.4) is 0 Å². The minimum atomic E-state index is -0.250. The number of aromatic nitrogens is 3. The van der Waals surface area contributed by atoms with E-state index in [9.17, 15) is 9.18 Å². The Morgan fingerprint density at radius 2 is 2.00 bits per heavy atom. The first-order chi connectivity index (χ1) is 17.2. The summed E-state index contributed by atoms with van der Waals surface area (Å²) in [7, 11) is 0. The number of piperazine rings is 1. The van der Waals surface area contributed by atoms with Crippen molar-refractivity contribution in [2.24, 2.45) is 0 Å². The number of hydrogen-bond acceptors (Lipinski definition) is 5. The van der Waals surface area contributed by atoms with Crippen LogP contribution in [0.2, 0.25) is 5.28 Å². The number of pyridine rings is 1. The van der Waals surface area contributed by atoms with Crippen LogP contribution in [0, 0.1) is 5.82 Å². The second-order valence-corrected chi connectivity index (χ2v) is 11.0. The van der Waals surface area contributed by atoms with Gasteiger partial charge >= 0.3 is 0 Å². The summed E-state index contributed by atoms with van der Waals surface area (Å²) in [5, 5.41) is 3.98. The van der Waals surface area contributed by atoms with E-state index in [-0.39, 0.29) is 23.2 Å². The Kier molecular flexibility index (Phi) is 6.85. The highest BCUT2D eigenvalue weighted by molar-refractivity contribution is 6.28. The number of imidazole rings is 1. The molecule has 1 aromatic carbocycles. The molecule has 0 radical (unpaired) electrons. The summed E-state index contributed by atoms with van der Waals surface area (Å²) in [6.07, 6.45) is 6.07. The van der Waals surface area contributed by atoms with Crippen molar-refractivity contribution >= 4 is 23.2 Å². The Bertz CT molecular complexity index is 1240. The maximum Gasteiger partial charge on any atom is 0.241 e. The SMILES string of the molecule is C[C@@H]1CN(CC(=O)N2CC(C)(C)c3ncc(Cc4ccc(F)cc4)cc32)[C@@H](Cn2ccnc2Cl)CN1. The molecule has 2 aliphatic heterocycles. The van der Waals surface area contributed by atoms with Gasteiger partial charge in [-0.1, -0.05) is 26.0 Å². The first-order valence-electron chi connectivity index (χ1n) is 12.4. The predicted octanol–water partition coefficient (Wildman–Crippen LogP) is 3.65. The molecule has 1 fully saturated rings. The number of halogens is 2. The lowest BCUT2D eigenvalue weighted by Gasteiger charge is -2.39. The molecule has 2 atom stereocenters. The molecular formula is C27H32ClFN6O. The van der Waals surface area contributed by atoms with Gasteiger partial charge in [0, 0.05) is 62.3 Å². The van der Waals surface area contributed by atoms with Crippen LogP contribution in [0.1, 0.15) is 37.6 Å². The van der Waals surface area contributed by atoms with E-state index < -0.39 is 0 Å². The molecule has 0 unspecified atom stereocenters. The van der Waals surface area contributed by atoms with Gasteiger partial charge in [0.15, 0.2) is 0 Å². The number of amides is 1. The quantitative estimate of drug-likeness (QED) is 0.548. The van der Waals surface area contributed by atoms with Crippen molar-refractivity contribution in [3.63, 3.8) is 0 Å². The molecule has 190 valence electrons. The van der Waals surface area contributed by atoms with E-state index in [1.807, 2.05) is 21.9 Å². The Hall–Kier alpha value is -2.81. The molecule has 1 saturated heterocycles. The van der Waals surface area contributed by atoms with E-state index in [1.54, 1.807) is 18.3 Å². The van der Waals surface area contributed by atoms with E-state index in [1.165, 1.54) is 12.1 Å². The van der Waals surface area contributed by atoms with Gasteiger partial charge in [-0.25, -0.2) is 9.37 Å². The second-order valence-electron chi connectivity index (χ2n) is 10.6. The van der Waals surface area contributed by atoms with Crippen molar-refractivity contribution in [1.82, 2.24) is 24.8 Å². The number of fused-ring (bicyclic) bond motifs is 1. The molecule has 3 aromatic rings. The van der Waals surface area contributed by atoms with Gasteiger partial charge in [0.1, 0.15) is 5.82 Å². The normalized spacial score (nSPS) is 21.5. The number of benzene rings is 1. The molecule has 36 heavy (non-hydrogen) atoms. The van der Waals surface area contributed by atoms with Crippen molar-refractivity contribution < 1.29 is 9.18 Å². The van der Waals surface area contributed by atoms with Crippen LogP contribution in [-0.2, 0) is 23.2 Å². The molecule has 0 bridgehead atoms. The van der Waals surface area contributed by atoms with Crippen LogP contribution in [0.5, 0.6) is 0 Å². The lowest BCUT2D eigenvalue weighted by molar-refractivity contribution is -0.120. The number of hydrogen-bond donors (Lipinski definition) is 1. The Labute approximate surface area is 216 Å². The van der Waals surface area contributed by atoms with E-state index in [2.05, 4.69) is 42.0 Å². The zero-order valence-electron chi connectivity index (χ0n) is 20.9. The largest absolute Gasteiger partial charge is 0.320 e. The Balaban J connectivity index is 1.36. The molecule has 9 heteroatoms. The van der Waals surface area contributed by atoms with Crippen LogP contribution in [-0.4, -0.2) is 63.6 Å². The van der Waals surface area contributed by atoms with Gasteiger partial charge in [0.25, 0.3) is 0 Å². The Morgan fingerprint density at radius 1 is 1.22 bits per heavy atom. The third-order valence-electron chi connectivity index (χ3n) is 7.17.